The van der Waals surface area contributed by atoms with Crippen molar-refractivity contribution in [3.63, 3.8) is 0 Å². The first-order valence-corrected chi connectivity index (χ1v) is 10.2. The van der Waals surface area contributed by atoms with Gasteiger partial charge in [0.2, 0.25) is 5.52 Å². The third kappa shape index (κ3) is 8.40. The van der Waals surface area contributed by atoms with Crippen LogP contribution in [-0.2, 0) is 13.1 Å². The molecule has 2 nitrogen and oxygen atoms in total. The molecule has 0 atom stereocenters. The number of aryl methyl sites for hydroxylation is 2. The van der Waals surface area contributed by atoms with Crippen molar-refractivity contribution in [2.24, 2.45) is 0 Å². The monoisotopic (exact) mass is 506 g/mol. The van der Waals surface area contributed by atoms with Gasteiger partial charge in [0.1, 0.15) is 13.1 Å². The number of rotatable bonds is 11. The van der Waals surface area contributed by atoms with E-state index in [1.165, 1.54) is 62.3 Å². The smallest absolute Gasteiger partial charge is 0.212 e. The summed E-state index contributed by atoms with van der Waals surface area (Å²) in [5.41, 5.74) is 1.35. The number of halogens is 2. The second-order valence-corrected chi connectivity index (χ2v) is 7.20. The van der Waals surface area contributed by atoms with Crippen molar-refractivity contribution in [1.82, 2.24) is 0 Å². The van der Waals surface area contributed by atoms with E-state index in [-0.39, 0.29) is 34.0 Å². The molecule has 0 fully saturated rings. The predicted molar refractivity (Wildman–Crippen MR) is 108 cm³/mol. The number of hydrogen-bond acceptors (Lipinski definition) is 0. The molecule has 0 radical (unpaired) electrons. The average Bonchev–Trinajstić information content (AvgIpc) is 2.70. The summed E-state index contributed by atoms with van der Waals surface area (Å²) in [7, 11) is 0. The molecule has 0 aliphatic carbocycles. The van der Waals surface area contributed by atoms with Gasteiger partial charge in [-0.05, 0) is 25.0 Å². The standard InChI is InChI=1S/C24H32N2.2BrH/c1(3-5-10-18-25-19-11-7-12-20-25)2-4-6-13-21-26-22-14-16-23-15-8-9-17-24(23)26;;/h7-9,11-12,14-17,19-20,22H,1-6,10,13,18,21H2;2*1H/q+2;;/p-2. The molecular formula is C24H32Br2N2. The summed E-state index contributed by atoms with van der Waals surface area (Å²) < 4.78 is 4.68. The van der Waals surface area contributed by atoms with Crippen molar-refractivity contribution in [1.29, 1.82) is 0 Å². The lowest BCUT2D eigenvalue weighted by atomic mass is 10.1. The molecule has 1 aromatic carbocycles. The summed E-state index contributed by atoms with van der Waals surface area (Å²) in [6, 6.07) is 19.3. The predicted octanol–water partition coefficient (Wildman–Crippen LogP) is -0.756. The Bertz CT molecular complexity index is 772. The number of pyridine rings is 2. The molecule has 0 aliphatic rings. The van der Waals surface area contributed by atoms with Crippen molar-refractivity contribution in [2.75, 3.05) is 0 Å². The first-order chi connectivity index (χ1) is 12.9. The maximum absolute atomic E-state index is 2.40. The van der Waals surface area contributed by atoms with Crippen molar-refractivity contribution in [2.45, 2.75) is 64.5 Å². The van der Waals surface area contributed by atoms with E-state index in [4.69, 9.17) is 0 Å². The number of aromatic nitrogens is 2. The molecule has 0 aliphatic heterocycles. The summed E-state index contributed by atoms with van der Waals surface area (Å²) in [5.74, 6) is 0. The molecule has 0 saturated heterocycles. The number of nitrogens with zero attached hydrogens (tertiary/aromatic N) is 2. The minimum Gasteiger partial charge on any atom is -1.00 e. The van der Waals surface area contributed by atoms with Gasteiger partial charge in [0.15, 0.2) is 18.6 Å². The Morgan fingerprint density at radius 1 is 0.500 bits per heavy atom. The lowest BCUT2D eigenvalue weighted by Gasteiger charge is -2.03. The van der Waals surface area contributed by atoms with Gasteiger partial charge in [-0.3, -0.25) is 0 Å². The fourth-order valence-electron chi connectivity index (χ4n) is 3.64. The van der Waals surface area contributed by atoms with E-state index in [0.717, 1.165) is 13.1 Å². The number of fused-ring (bicyclic) bond motifs is 1. The molecule has 4 heteroatoms. The molecule has 0 unspecified atom stereocenters. The van der Waals surface area contributed by atoms with E-state index < -0.39 is 0 Å². The first-order valence-electron chi connectivity index (χ1n) is 10.2. The zero-order chi connectivity index (χ0) is 17.9. The molecule has 2 aromatic heterocycles. The Morgan fingerprint density at radius 2 is 1.07 bits per heavy atom. The SMILES string of the molecule is [Br-].[Br-].c1cc[n+](CCCCCCCCCC[n+]2cccc3ccccc32)cc1. The second kappa shape index (κ2) is 14.7. The van der Waals surface area contributed by atoms with Crippen LogP contribution in [0.25, 0.3) is 10.9 Å². The van der Waals surface area contributed by atoms with E-state index in [2.05, 4.69) is 82.3 Å². The van der Waals surface area contributed by atoms with Gasteiger partial charge in [0.25, 0.3) is 0 Å². The number of benzene rings is 1. The quantitative estimate of drug-likeness (QED) is 0.238. The Balaban J connectivity index is 0.00000196. The highest BCUT2D eigenvalue weighted by Gasteiger charge is 2.06. The van der Waals surface area contributed by atoms with Gasteiger partial charge in [-0.2, -0.15) is 4.57 Å². The molecule has 0 amide bonds. The molecule has 0 saturated carbocycles. The molecule has 0 N–H and O–H groups in total. The largest absolute Gasteiger partial charge is 1.00 e. The van der Waals surface area contributed by atoms with Gasteiger partial charge in [-0.15, -0.1) is 0 Å². The van der Waals surface area contributed by atoms with Crippen LogP contribution >= 0.6 is 0 Å². The normalized spacial score (nSPS) is 10.3. The van der Waals surface area contributed by atoms with Gasteiger partial charge in [-0.1, -0.05) is 43.9 Å². The Hall–Kier alpha value is -1.26. The Labute approximate surface area is 191 Å². The van der Waals surface area contributed by atoms with Gasteiger partial charge < -0.3 is 34.0 Å². The maximum atomic E-state index is 2.40. The zero-order valence-corrected chi connectivity index (χ0v) is 19.8. The van der Waals surface area contributed by atoms with E-state index in [1.54, 1.807) is 0 Å². The Kier molecular flexibility index (Phi) is 13.0. The van der Waals surface area contributed by atoms with Crippen molar-refractivity contribution in [3.8, 4) is 0 Å². The van der Waals surface area contributed by atoms with Crippen LogP contribution in [0.1, 0.15) is 51.4 Å². The fraction of sp³-hybridized carbons (Fsp3) is 0.417. The average molecular weight is 508 g/mol. The topological polar surface area (TPSA) is 7.76 Å². The first kappa shape index (κ1) is 24.8. The van der Waals surface area contributed by atoms with E-state index in [0.29, 0.717) is 0 Å². The van der Waals surface area contributed by atoms with Crippen molar-refractivity contribution in [3.05, 3.63) is 73.2 Å². The van der Waals surface area contributed by atoms with E-state index >= 15 is 0 Å². The van der Waals surface area contributed by atoms with Crippen molar-refractivity contribution < 1.29 is 43.1 Å². The number of para-hydroxylation sites is 1. The van der Waals surface area contributed by atoms with Gasteiger partial charge >= 0.3 is 0 Å². The molecule has 28 heavy (non-hydrogen) atoms. The summed E-state index contributed by atoms with van der Waals surface area (Å²) in [6.45, 7) is 2.29. The van der Waals surface area contributed by atoms with Crippen LogP contribution in [0.5, 0.6) is 0 Å². The van der Waals surface area contributed by atoms with Crippen LogP contribution in [-0.4, -0.2) is 0 Å². The van der Waals surface area contributed by atoms with Crippen molar-refractivity contribution >= 4 is 10.9 Å². The molecule has 152 valence electrons. The lowest BCUT2D eigenvalue weighted by molar-refractivity contribution is -0.697. The van der Waals surface area contributed by atoms with Gasteiger partial charge in [-0.25, -0.2) is 4.57 Å². The van der Waals surface area contributed by atoms with Crippen LogP contribution in [0.2, 0.25) is 0 Å². The van der Waals surface area contributed by atoms with Gasteiger partial charge in [0.05, 0.1) is 0 Å². The number of unbranched alkanes of at least 4 members (excludes halogenated alkanes) is 7. The third-order valence-electron chi connectivity index (χ3n) is 5.13. The van der Waals surface area contributed by atoms with Crippen LogP contribution in [0.4, 0.5) is 0 Å². The van der Waals surface area contributed by atoms with E-state index in [9.17, 15) is 0 Å². The highest BCUT2D eigenvalue weighted by Crippen LogP contribution is 2.10. The minimum absolute atomic E-state index is 0. The van der Waals surface area contributed by atoms with E-state index in [1.807, 2.05) is 0 Å². The molecule has 3 rings (SSSR count). The molecule has 0 spiro atoms. The second-order valence-electron chi connectivity index (χ2n) is 7.20. The fourth-order valence-corrected chi connectivity index (χ4v) is 3.64. The lowest BCUT2D eigenvalue weighted by Crippen LogP contribution is -3.00. The highest BCUT2D eigenvalue weighted by molar-refractivity contribution is 5.74. The molecule has 0 bridgehead atoms. The van der Waals surface area contributed by atoms with Crippen LogP contribution in [0, 0.1) is 0 Å². The minimum atomic E-state index is 0. The molecular weight excluding hydrogens is 476 g/mol. The van der Waals surface area contributed by atoms with Crippen LogP contribution < -0.4 is 43.1 Å². The summed E-state index contributed by atoms with van der Waals surface area (Å²) in [5, 5.41) is 1.34. The maximum Gasteiger partial charge on any atom is 0.212 e. The molecule has 3 aromatic rings. The highest BCUT2D eigenvalue weighted by atomic mass is 79.9. The van der Waals surface area contributed by atoms with Gasteiger partial charge in [0, 0.05) is 42.5 Å². The summed E-state index contributed by atoms with van der Waals surface area (Å²) >= 11 is 0. The summed E-state index contributed by atoms with van der Waals surface area (Å²) in [6.07, 6.45) is 17.3. The van der Waals surface area contributed by atoms with Crippen LogP contribution in [0.3, 0.4) is 0 Å². The Morgan fingerprint density at radius 3 is 1.79 bits per heavy atom. The zero-order valence-electron chi connectivity index (χ0n) is 16.6. The summed E-state index contributed by atoms with van der Waals surface area (Å²) in [4.78, 5) is 0. The number of hydrogen-bond donors (Lipinski definition) is 0. The third-order valence-corrected chi connectivity index (χ3v) is 5.13. The molecule has 2 heterocycles. The van der Waals surface area contributed by atoms with Crippen LogP contribution in [0.15, 0.2) is 73.2 Å².